The molecule has 0 aliphatic carbocycles. The van der Waals surface area contributed by atoms with Gasteiger partial charge >= 0.3 is 0 Å². The standard InChI is InChI=1S/C18H19IN2O3S/c1-2-25(23,24)21-12-14-7-4-3-6-13(14)10-17(21)18(22)20-16-9-5-8-15(19)11-16/h3-9,11,17H,2,10,12H2,1H3,(H,20,22)/t17-/m0/s1. The second kappa shape index (κ2) is 7.43. The number of halogens is 1. The van der Waals surface area contributed by atoms with Crippen molar-refractivity contribution in [1.82, 2.24) is 4.31 Å². The van der Waals surface area contributed by atoms with Crippen molar-refractivity contribution in [2.45, 2.75) is 25.9 Å². The number of sulfonamides is 1. The smallest absolute Gasteiger partial charge is 0.243 e. The lowest BCUT2D eigenvalue weighted by Crippen LogP contribution is -2.51. The summed E-state index contributed by atoms with van der Waals surface area (Å²) in [6.45, 7) is 1.83. The number of hydrogen-bond acceptors (Lipinski definition) is 3. The van der Waals surface area contributed by atoms with Crippen LogP contribution in [0.4, 0.5) is 5.69 Å². The first-order valence-electron chi connectivity index (χ1n) is 8.03. The minimum Gasteiger partial charge on any atom is -0.325 e. The van der Waals surface area contributed by atoms with Gasteiger partial charge in [-0.05, 0) is 65.3 Å². The molecule has 1 N–H and O–H groups in total. The summed E-state index contributed by atoms with van der Waals surface area (Å²) in [6.07, 6.45) is 0.380. The van der Waals surface area contributed by atoms with E-state index in [1.165, 1.54) is 4.31 Å². The van der Waals surface area contributed by atoms with Gasteiger partial charge in [0.05, 0.1) is 5.75 Å². The fourth-order valence-electron chi connectivity index (χ4n) is 2.97. The third kappa shape index (κ3) is 4.04. The lowest BCUT2D eigenvalue weighted by molar-refractivity contribution is -0.120. The van der Waals surface area contributed by atoms with Crippen molar-refractivity contribution in [2.24, 2.45) is 0 Å². The fraction of sp³-hybridized carbons (Fsp3) is 0.278. The molecule has 1 aliphatic heterocycles. The minimum absolute atomic E-state index is 0.0256. The van der Waals surface area contributed by atoms with Crippen LogP contribution in [0.25, 0.3) is 0 Å². The summed E-state index contributed by atoms with van der Waals surface area (Å²) in [5, 5.41) is 2.86. The van der Waals surface area contributed by atoms with E-state index in [1.54, 1.807) is 13.0 Å². The molecule has 1 atom stereocenters. The van der Waals surface area contributed by atoms with Gasteiger partial charge in [0.2, 0.25) is 15.9 Å². The third-order valence-corrected chi connectivity index (χ3v) is 6.82. The van der Waals surface area contributed by atoms with Crippen LogP contribution in [0, 0.1) is 3.57 Å². The van der Waals surface area contributed by atoms with Crippen LogP contribution in [0.3, 0.4) is 0 Å². The number of nitrogens with one attached hydrogen (secondary N) is 1. The summed E-state index contributed by atoms with van der Waals surface area (Å²) >= 11 is 2.17. The van der Waals surface area contributed by atoms with Crippen molar-refractivity contribution in [2.75, 3.05) is 11.1 Å². The van der Waals surface area contributed by atoms with Crippen molar-refractivity contribution in [3.8, 4) is 0 Å². The highest BCUT2D eigenvalue weighted by Crippen LogP contribution is 2.27. The van der Waals surface area contributed by atoms with Gasteiger partial charge in [-0.1, -0.05) is 30.3 Å². The first-order valence-corrected chi connectivity index (χ1v) is 10.7. The van der Waals surface area contributed by atoms with Crippen LogP contribution >= 0.6 is 22.6 Å². The average molecular weight is 470 g/mol. The minimum atomic E-state index is -3.49. The molecule has 5 nitrogen and oxygen atoms in total. The summed E-state index contributed by atoms with van der Waals surface area (Å²) in [6, 6.07) is 14.4. The van der Waals surface area contributed by atoms with E-state index < -0.39 is 16.1 Å². The normalized spacial score (nSPS) is 17.8. The molecule has 1 heterocycles. The van der Waals surface area contributed by atoms with Crippen LogP contribution in [0.15, 0.2) is 48.5 Å². The largest absolute Gasteiger partial charge is 0.325 e. The van der Waals surface area contributed by atoms with Gasteiger partial charge in [-0.15, -0.1) is 0 Å². The van der Waals surface area contributed by atoms with E-state index in [0.717, 1.165) is 14.7 Å². The maximum Gasteiger partial charge on any atom is 0.243 e. The topological polar surface area (TPSA) is 66.5 Å². The Balaban J connectivity index is 1.92. The maximum atomic E-state index is 12.8. The van der Waals surface area contributed by atoms with Gasteiger partial charge in [-0.3, -0.25) is 4.79 Å². The van der Waals surface area contributed by atoms with Gasteiger partial charge in [-0.2, -0.15) is 4.31 Å². The van der Waals surface area contributed by atoms with E-state index in [4.69, 9.17) is 0 Å². The summed E-state index contributed by atoms with van der Waals surface area (Å²) in [5.41, 5.74) is 2.65. The second-order valence-corrected chi connectivity index (χ2v) is 9.39. The molecular weight excluding hydrogens is 451 g/mol. The van der Waals surface area contributed by atoms with Crippen molar-refractivity contribution >= 4 is 44.2 Å². The van der Waals surface area contributed by atoms with Crippen LogP contribution in [0.5, 0.6) is 0 Å². The van der Waals surface area contributed by atoms with Crippen LogP contribution in [0.1, 0.15) is 18.1 Å². The molecule has 2 aromatic rings. The molecule has 132 valence electrons. The fourth-order valence-corrected chi connectivity index (χ4v) is 4.74. The summed E-state index contributed by atoms with van der Waals surface area (Å²) in [7, 11) is -3.49. The zero-order chi connectivity index (χ0) is 18.0. The van der Waals surface area contributed by atoms with Gasteiger partial charge in [0.25, 0.3) is 0 Å². The van der Waals surface area contributed by atoms with Gasteiger partial charge < -0.3 is 5.32 Å². The molecule has 3 rings (SSSR count). The van der Waals surface area contributed by atoms with Crippen LogP contribution in [-0.4, -0.2) is 30.4 Å². The molecule has 0 fully saturated rings. The molecule has 25 heavy (non-hydrogen) atoms. The zero-order valence-electron chi connectivity index (χ0n) is 13.8. The molecule has 1 amide bonds. The van der Waals surface area contributed by atoms with E-state index in [0.29, 0.717) is 12.1 Å². The molecule has 0 saturated carbocycles. The number of carbonyl (C=O) groups excluding carboxylic acids is 1. The predicted octanol–water partition coefficient (Wildman–Crippen LogP) is 3.01. The number of carbonyl (C=O) groups is 1. The molecule has 0 spiro atoms. The van der Waals surface area contributed by atoms with Crippen LogP contribution in [-0.2, 0) is 27.8 Å². The van der Waals surface area contributed by atoms with Crippen molar-refractivity contribution < 1.29 is 13.2 Å². The summed E-state index contributed by atoms with van der Waals surface area (Å²) in [5.74, 6) is -0.323. The Morgan fingerprint density at radius 2 is 1.92 bits per heavy atom. The molecule has 7 heteroatoms. The predicted molar refractivity (Wildman–Crippen MR) is 107 cm³/mol. The average Bonchev–Trinajstić information content (AvgIpc) is 2.60. The number of anilines is 1. The molecule has 0 bridgehead atoms. The Morgan fingerprint density at radius 1 is 1.20 bits per heavy atom. The Hall–Kier alpha value is -1.45. The van der Waals surface area contributed by atoms with Crippen LogP contribution < -0.4 is 5.32 Å². The SMILES string of the molecule is CCS(=O)(=O)N1Cc2ccccc2C[C@H]1C(=O)Nc1cccc(I)c1. The van der Waals surface area contributed by atoms with E-state index in [9.17, 15) is 13.2 Å². The van der Waals surface area contributed by atoms with Crippen LogP contribution in [0.2, 0.25) is 0 Å². The molecule has 2 aromatic carbocycles. The first kappa shape index (κ1) is 18.3. The van der Waals surface area contributed by atoms with Gasteiger partial charge in [0.15, 0.2) is 0 Å². The first-order chi connectivity index (χ1) is 11.9. The summed E-state index contributed by atoms with van der Waals surface area (Å²) in [4.78, 5) is 12.8. The highest BCUT2D eigenvalue weighted by atomic mass is 127. The van der Waals surface area contributed by atoms with Crippen molar-refractivity contribution in [3.63, 3.8) is 0 Å². The Kier molecular flexibility index (Phi) is 5.45. The number of benzene rings is 2. The lowest BCUT2D eigenvalue weighted by atomic mass is 9.95. The molecule has 0 saturated heterocycles. The van der Waals surface area contributed by atoms with Crippen molar-refractivity contribution in [1.29, 1.82) is 0 Å². The number of rotatable bonds is 4. The summed E-state index contributed by atoms with van der Waals surface area (Å²) < 4.78 is 27.4. The number of fused-ring (bicyclic) bond motifs is 1. The van der Waals surface area contributed by atoms with E-state index >= 15 is 0 Å². The Morgan fingerprint density at radius 3 is 2.60 bits per heavy atom. The second-order valence-electron chi connectivity index (χ2n) is 5.93. The Bertz CT molecular complexity index is 899. The third-order valence-electron chi connectivity index (χ3n) is 4.32. The molecule has 0 aromatic heterocycles. The highest BCUT2D eigenvalue weighted by molar-refractivity contribution is 14.1. The Labute approximate surface area is 161 Å². The number of nitrogens with zero attached hydrogens (tertiary/aromatic N) is 1. The molecular formula is C18H19IN2O3S. The molecule has 0 radical (unpaired) electrons. The van der Waals surface area contributed by atoms with Crippen molar-refractivity contribution in [3.05, 3.63) is 63.2 Å². The van der Waals surface area contributed by atoms with Gasteiger partial charge in [0.1, 0.15) is 6.04 Å². The zero-order valence-corrected chi connectivity index (χ0v) is 16.7. The van der Waals surface area contributed by atoms with Gasteiger partial charge in [0, 0.05) is 15.8 Å². The van der Waals surface area contributed by atoms with E-state index in [-0.39, 0.29) is 18.2 Å². The monoisotopic (exact) mass is 470 g/mol. The maximum absolute atomic E-state index is 12.8. The quantitative estimate of drug-likeness (QED) is 0.699. The van der Waals surface area contributed by atoms with E-state index in [2.05, 4.69) is 27.9 Å². The molecule has 1 aliphatic rings. The van der Waals surface area contributed by atoms with Gasteiger partial charge in [-0.25, -0.2) is 8.42 Å². The number of amides is 1. The highest BCUT2D eigenvalue weighted by Gasteiger charge is 2.37. The number of hydrogen-bond donors (Lipinski definition) is 1. The molecule has 0 unspecified atom stereocenters. The lowest BCUT2D eigenvalue weighted by Gasteiger charge is -2.34. The van der Waals surface area contributed by atoms with E-state index in [1.807, 2.05) is 42.5 Å².